The van der Waals surface area contributed by atoms with Gasteiger partial charge in [-0.05, 0) is 43.7 Å². The molecule has 2 aliphatic heterocycles. The molecule has 7 nitrogen and oxygen atoms in total. The number of hydrogen-bond acceptors (Lipinski definition) is 6. The van der Waals surface area contributed by atoms with Crippen LogP contribution in [0.4, 0.5) is 27.6 Å². The number of hydrogen-bond donors (Lipinski definition) is 2. The van der Waals surface area contributed by atoms with E-state index in [9.17, 15) is 22.4 Å². The summed E-state index contributed by atoms with van der Waals surface area (Å²) in [5.41, 5.74) is 2.75. The Hall–Kier alpha value is -3.28. The molecule has 4 rings (SSSR count). The molecule has 3 heterocycles. The molecule has 1 saturated heterocycles. The molecule has 35 heavy (non-hydrogen) atoms. The number of ether oxygens (including phenoxy) is 2. The number of alkyl halides is 4. The number of aromatic nitrogens is 1. The molecule has 0 bridgehead atoms. The Morgan fingerprint density at radius 1 is 1.31 bits per heavy atom. The molecular weight excluding hydrogens is 475 g/mol. The van der Waals surface area contributed by atoms with Crippen molar-refractivity contribution in [2.45, 2.75) is 44.2 Å². The molecule has 0 spiro atoms. The largest absolute Gasteiger partial charge is 0.462 e. The number of nitrogens with zero attached hydrogens (tertiary/aromatic N) is 2. The van der Waals surface area contributed by atoms with Crippen LogP contribution in [0.2, 0.25) is 0 Å². The van der Waals surface area contributed by atoms with Gasteiger partial charge in [-0.1, -0.05) is 0 Å². The molecule has 4 atom stereocenters. The van der Waals surface area contributed by atoms with Gasteiger partial charge in [0.1, 0.15) is 29.8 Å². The van der Waals surface area contributed by atoms with Crippen LogP contribution >= 0.6 is 0 Å². The third-order valence-electron chi connectivity index (χ3n) is 6.28. The van der Waals surface area contributed by atoms with Crippen LogP contribution in [-0.4, -0.2) is 42.4 Å². The van der Waals surface area contributed by atoms with Crippen molar-refractivity contribution in [3.05, 3.63) is 58.7 Å². The molecule has 3 N–H and O–H groups in total. The number of rotatable bonds is 4. The van der Waals surface area contributed by atoms with E-state index >= 15 is 4.39 Å². The van der Waals surface area contributed by atoms with Gasteiger partial charge in [-0.3, -0.25) is 9.78 Å². The summed E-state index contributed by atoms with van der Waals surface area (Å²) in [4.78, 5) is 20.5. The van der Waals surface area contributed by atoms with Crippen molar-refractivity contribution in [3.8, 4) is 0 Å². The fourth-order valence-corrected chi connectivity index (χ4v) is 4.52. The van der Waals surface area contributed by atoms with E-state index < -0.39 is 47.7 Å². The molecule has 12 heteroatoms. The normalized spacial score (nSPS) is 26.4. The number of fused-ring (bicyclic) bond motifs is 1. The van der Waals surface area contributed by atoms with Crippen molar-refractivity contribution >= 4 is 17.6 Å². The molecule has 0 radical (unpaired) electrons. The zero-order chi connectivity index (χ0) is 25.5. The fraction of sp³-hybridized carbons (Fsp3) is 0.435. The van der Waals surface area contributed by atoms with Gasteiger partial charge in [-0.25, -0.2) is 13.8 Å². The highest BCUT2D eigenvalue weighted by Gasteiger charge is 2.52. The van der Waals surface area contributed by atoms with Crippen molar-refractivity contribution in [1.29, 1.82) is 0 Å². The van der Waals surface area contributed by atoms with Crippen LogP contribution in [-0.2, 0) is 21.2 Å². The Kier molecular flexibility index (Phi) is 6.43. The minimum absolute atomic E-state index is 0.00184. The maximum Gasteiger partial charge on any atom is 0.417 e. The highest BCUT2D eigenvalue weighted by molar-refractivity contribution is 6.03. The SMILES string of the molecule is Cc1cc(C(F)(F)F)cnc1C(=O)Nc1ccc(F)c([C@@]2(CF)N=C(N)O[C@@H]3C[C@@H](C)OC[C@@H]32)c1. The van der Waals surface area contributed by atoms with Crippen molar-refractivity contribution in [2.24, 2.45) is 16.6 Å². The molecule has 0 aliphatic carbocycles. The van der Waals surface area contributed by atoms with Gasteiger partial charge in [-0.2, -0.15) is 13.2 Å². The second-order valence-electron chi connectivity index (χ2n) is 8.69. The van der Waals surface area contributed by atoms with Gasteiger partial charge in [0.25, 0.3) is 11.9 Å². The Bertz CT molecular complexity index is 1170. The lowest BCUT2D eigenvalue weighted by Crippen LogP contribution is -2.55. The van der Waals surface area contributed by atoms with Gasteiger partial charge in [-0.15, -0.1) is 0 Å². The lowest BCUT2D eigenvalue weighted by Gasteiger charge is -2.46. The van der Waals surface area contributed by atoms with E-state index in [4.69, 9.17) is 15.2 Å². The summed E-state index contributed by atoms with van der Waals surface area (Å²) >= 11 is 0. The molecule has 1 aromatic heterocycles. The summed E-state index contributed by atoms with van der Waals surface area (Å²) in [5.74, 6) is -2.28. The predicted octanol–water partition coefficient (Wildman–Crippen LogP) is 4.10. The molecular formula is C23H23F5N4O3. The minimum Gasteiger partial charge on any atom is -0.462 e. The molecule has 1 fully saturated rings. The second kappa shape index (κ2) is 9.06. The van der Waals surface area contributed by atoms with E-state index in [0.717, 1.165) is 12.1 Å². The zero-order valence-electron chi connectivity index (χ0n) is 18.8. The average Bonchev–Trinajstić information content (AvgIpc) is 2.78. The van der Waals surface area contributed by atoms with Crippen LogP contribution in [0.3, 0.4) is 0 Å². The first-order valence-corrected chi connectivity index (χ1v) is 10.8. The van der Waals surface area contributed by atoms with Crippen LogP contribution in [0, 0.1) is 18.7 Å². The van der Waals surface area contributed by atoms with Crippen LogP contribution in [0.25, 0.3) is 0 Å². The van der Waals surface area contributed by atoms with Crippen molar-refractivity contribution < 1.29 is 36.2 Å². The van der Waals surface area contributed by atoms with Gasteiger partial charge in [0.05, 0.1) is 24.2 Å². The van der Waals surface area contributed by atoms with Crippen molar-refractivity contribution in [3.63, 3.8) is 0 Å². The number of anilines is 1. The Morgan fingerprint density at radius 2 is 2.06 bits per heavy atom. The number of carbonyl (C=O) groups is 1. The van der Waals surface area contributed by atoms with Crippen LogP contribution in [0.15, 0.2) is 35.5 Å². The number of aliphatic imine (C=N–C) groups is 1. The number of amidine groups is 1. The maximum atomic E-state index is 15.0. The number of benzene rings is 1. The highest BCUT2D eigenvalue weighted by atomic mass is 19.4. The van der Waals surface area contributed by atoms with Gasteiger partial charge >= 0.3 is 6.18 Å². The molecule has 1 aromatic carbocycles. The Balaban J connectivity index is 1.67. The van der Waals surface area contributed by atoms with Crippen molar-refractivity contribution in [1.82, 2.24) is 4.98 Å². The number of halogens is 5. The van der Waals surface area contributed by atoms with E-state index in [0.29, 0.717) is 12.6 Å². The van der Waals surface area contributed by atoms with Crippen LogP contribution in [0.5, 0.6) is 0 Å². The number of carbonyl (C=O) groups excluding carboxylic acids is 1. The first kappa shape index (κ1) is 24.8. The minimum atomic E-state index is -4.61. The van der Waals surface area contributed by atoms with Crippen LogP contribution < -0.4 is 11.1 Å². The quantitative estimate of drug-likeness (QED) is 0.619. The smallest absolute Gasteiger partial charge is 0.417 e. The van der Waals surface area contributed by atoms with E-state index in [1.54, 1.807) is 0 Å². The first-order valence-electron chi connectivity index (χ1n) is 10.8. The van der Waals surface area contributed by atoms with Gasteiger partial charge < -0.3 is 20.5 Å². The second-order valence-corrected chi connectivity index (χ2v) is 8.69. The predicted molar refractivity (Wildman–Crippen MR) is 116 cm³/mol. The number of nitrogens with two attached hydrogens (primary N) is 1. The van der Waals surface area contributed by atoms with E-state index in [2.05, 4.69) is 15.3 Å². The summed E-state index contributed by atoms with van der Waals surface area (Å²) < 4.78 is 79.6. The highest BCUT2D eigenvalue weighted by Crippen LogP contribution is 2.45. The van der Waals surface area contributed by atoms with E-state index in [1.807, 2.05) is 6.92 Å². The molecule has 2 aromatic rings. The molecule has 0 unspecified atom stereocenters. The van der Waals surface area contributed by atoms with Gasteiger partial charge in [0, 0.05) is 23.9 Å². The first-order chi connectivity index (χ1) is 16.4. The Morgan fingerprint density at radius 3 is 2.71 bits per heavy atom. The summed E-state index contributed by atoms with van der Waals surface area (Å²) in [7, 11) is 0. The third-order valence-corrected chi connectivity index (χ3v) is 6.28. The molecule has 1 amide bonds. The number of aryl methyl sites for hydroxylation is 1. The number of amides is 1. The van der Waals surface area contributed by atoms with Crippen molar-refractivity contribution in [2.75, 3.05) is 18.6 Å². The standard InChI is InChI=1S/C23H23F5N4O3/c1-11-5-13(23(26,27)28)8-30-19(11)20(33)31-14-3-4-17(25)15(7-14)22(10-24)16-9-34-12(2)6-18(16)35-21(29)32-22/h3-5,7-8,12,16,18H,6,9-10H2,1-2H3,(H2,29,32)(H,31,33)/t12-,16+,18-,22-/m1/s1. The maximum absolute atomic E-state index is 15.0. The fourth-order valence-electron chi connectivity index (χ4n) is 4.52. The van der Waals surface area contributed by atoms with Gasteiger partial charge in [0.15, 0.2) is 0 Å². The summed E-state index contributed by atoms with van der Waals surface area (Å²) in [5, 5.41) is 2.48. The number of nitrogens with one attached hydrogen (secondary N) is 1. The molecule has 0 saturated carbocycles. The lowest BCUT2D eigenvalue weighted by atomic mass is 9.73. The number of pyridine rings is 1. The summed E-state index contributed by atoms with van der Waals surface area (Å²) in [6, 6.07) is 4.03. The average molecular weight is 498 g/mol. The summed E-state index contributed by atoms with van der Waals surface area (Å²) in [6.45, 7) is 2.09. The Labute approximate surface area is 197 Å². The zero-order valence-corrected chi connectivity index (χ0v) is 18.8. The molecule has 2 aliphatic rings. The molecule has 188 valence electrons. The topological polar surface area (TPSA) is 98.8 Å². The third kappa shape index (κ3) is 4.66. The van der Waals surface area contributed by atoms with E-state index in [1.165, 1.54) is 19.1 Å². The van der Waals surface area contributed by atoms with E-state index in [-0.39, 0.29) is 41.2 Å². The lowest BCUT2D eigenvalue weighted by molar-refractivity contribution is -0.137. The van der Waals surface area contributed by atoms with Crippen LogP contribution in [0.1, 0.15) is 40.5 Å². The monoisotopic (exact) mass is 498 g/mol. The van der Waals surface area contributed by atoms with Gasteiger partial charge in [0.2, 0.25) is 0 Å². The summed E-state index contributed by atoms with van der Waals surface area (Å²) in [6.07, 6.45) is -4.37.